The highest BCUT2D eigenvalue weighted by molar-refractivity contribution is 5.99. The number of alkyl halides is 3. The molecule has 0 unspecified atom stereocenters. The van der Waals surface area contributed by atoms with E-state index in [1.165, 1.54) is 25.4 Å². The van der Waals surface area contributed by atoms with Crippen molar-refractivity contribution >= 4 is 28.4 Å². The summed E-state index contributed by atoms with van der Waals surface area (Å²) in [6.07, 6.45) is -1.24. The molecule has 0 radical (unpaired) electrons. The quantitative estimate of drug-likeness (QED) is 0.424. The number of urea groups is 1. The number of carbonyl (C=O) groups excluding carboxylic acids is 1. The number of hydrogen-bond donors (Lipinski definition) is 2. The van der Waals surface area contributed by atoms with Crippen LogP contribution < -0.4 is 15.4 Å². The van der Waals surface area contributed by atoms with E-state index in [4.69, 9.17) is 4.74 Å². The van der Waals surface area contributed by atoms with Gasteiger partial charge in [0, 0.05) is 24.6 Å². The Bertz CT molecular complexity index is 1280. The molecule has 0 spiro atoms. The summed E-state index contributed by atoms with van der Waals surface area (Å²) in [7, 11) is 1.87. The molecule has 0 aliphatic rings. The summed E-state index contributed by atoms with van der Waals surface area (Å²) in [5.74, 6) is 0.891. The molecule has 0 bridgehead atoms. The zero-order chi connectivity index (χ0) is 22.9. The number of carbonyl (C=O) groups is 1. The van der Waals surface area contributed by atoms with Gasteiger partial charge in [0.2, 0.25) is 5.88 Å². The second-order valence-electron chi connectivity index (χ2n) is 7.08. The number of nitrogens with zero attached hydrogens (tertiary/aromatic N) is 3. The van der Waals surface area contributed by atoms with Gasteiger partial charge in [-0.05, 0) is 55.0 Å². The molecule has 2 amide bonds. The van der Waals surface area contributed by atoms with Crippen LogP contribution in [0.1, 0.15) is 11.1 Å². The lowest BCUT2D eigenvalue weighted by molar-refractivity contribution is -0.138. The predicted molar refractivity (Wildman–Crippen MR) is 114 cm³/mol. The van der Waals surface area contributed by atoms with Crippen molar-refractivity contribution in [2.45, 2.75) is 13.1 Å². The molecule has 2 aromatic heterocycles. The van der Waals surface area contributed by atoms with Crippen molar-refractivity contribution in [2.24, 2.45) is 7.05 Å². The van der Waals surface area contributed by atoms with E-state index in [0.29, 0.717) is 17.3 Å². The zero-order valence-electron chi connectivity index (χ0n) is 17.1. The summed E-state index contributed by atoms with van der Waals surface area (Å²) in [6.45, 7) is 1.36. The van der Waals surface area contributed by atoms with Gasteiger partial charge in [-0.3, -0.25) is 0 Å². The molecule has 4 rings (SSSR count). The van der Waals surface area contributed by atoms with Crippen molar-refractivity contribution in [1.82, 2.24) is 14.5 Å². The van der Waals surface area contributed by atoms with E-state index in [-0.39, 0.29) is 11.3 Å². The second kappa shape index (κ2) is 8.22. The van der Waals surface area contributed by atoms with E-state index in [1.807, 2.05) is 23.9 Å². The summed E-state index contributed by atoms with van der Waals surface area (Å²) in [4.78, 5) is 20.6. The standard InChI is InChI=1S/C22H18F3N5O2/c1-13-3-4-15(11-18(13)22(23,24)25)29-21(31)28-14-5-7-16(8-6-14)32-20-17-9-10-30(2)19(17)26-12-27-20/h3-12H,1-2H3,(H2,28,29,31). The van der Waals surface area contributed by atoms with Crippen molar-refractivity contribution in [3.63, 3.8) is 0 Å². The molecule has 0 aliphatic carbocycles. The number of hydrogen-bond acceptors (Lipinski definition) is 4. The first-order chi connectivity index (χ1) is 15.2. The normalized spacial score (nSPS) is 11.4. The van der Waals surface area contributed by atoms with E-state index in [1.54, 1.807) is 24.3 Å². The Morgan fingerprint density at radius 1 is 1.00 bits per heavy atom. The number of amides is 2. The third kappa shape index (κ3) is 4.48. The highest BCUT2D eigenvalue weighted by Gasteiger charge is 2.32. The zero-order valence-corrected chi connectivity index (χ0v) is 17.1. The van der Waals surface area contributed by atoms with Crippen LogP contribution in [-0.4, -0.2) is 20.6 Å². The van der Waals surface area contributed by atoms with Gasteiger partial charge in [0.1, 0.15) is 17.7 Å². The summed E-state index contributed by atoms with van der Waals surface area (Å²) < 4.78 is 46.8. The van der Waals surface area contributed by atoms with Crippen molar-refractivity contribution in [3.8, 4) is 11.6 Å². The molecular formula is C22H18F3N5O2. The number of aromatic nitrogens is 3. The fourth-order valence-electron chi connectivity index (χ4n) is 3.15. The van der Waals surface area contributed by atoms with Gasteiger partial charge >= 0.3 is 12.2 Å². The van der Waals surface area contributed by atoms with Gasteiger partial charge in [-0.25, -0.2) is 14.8 Å². The van der Waals surface area contributed by atoms with E-state index in [2.05, 4.69) is 20.6 Å². The molecule has 2 N–H and O–H groups in total. The molecule has 0 saturated heterocycles. The van der Waals surface area contributed by atoms with Crippen LogP contribution in [0.4, 0.5) is 29.3 Å². The fourth-order valence-corrected chi connectivity index (χ4v) is 3.15. The van der Waals surface area contributed by atoms with Gasteiger partial charge in [-0.1, -0.05) is 6.07 Å². The van der Waals surface area contributed by atoms with Crippen LogP contribution in [0.5, 0.6) is 11.6 Å². The molecule has 7 nitrogen and oxygen atoms in total. The average Bonchev–Trinajstić information content (AvgIpc) is 3.12. The highest BCUT2D eigenvalue weighted by Crippen LogP contribution is 2.33. The van der Waals surface area contributed by atoms with E-state index in [9.17, 15) is 18.0 Å². The number of halogens is 3. The van der Waals surface area contributed by atoms with E-state index in [0.717, 1.165) is 17.1 Å². The van der Waals surface area contributed by atoms with Crippen molar-refractivity contribution in [2.75, 3.05) is 10.6 Å². The maximum absolute atomic E-state index is 13.0. The number of aryl methyl sites for hydroxylation is 2. The molecule has 164 valence electrons. The SMILES string of the molecule is Cc1ccc(NC(=O)Nc2ccc(Oc3ncnc4c3ccn4C)cc2)cc1C(F)(F)F. The Hall–Kier alpha value is -4.08. The Morgan fingerprint density at radius 2 is 1.69 bits per heavy atom. The van der Waals surface area contributed by atoms with Gasteiger partial charge < -0.3 is 19.9 Å². The fraction of sp³-hybridized carbons (Fsp3) is 0.136. The average molecular weight is 441 g/mol. The number of nitrogens with one attached hydrogen (secondary N) is 2. The summed E-state index contributed by atoms with van der Waals surface area (Å²) in [5.41, 5.74) is 0.487. The van der Waals surface area contributed by atoms with Crippen LogP contribution in [0, 0.1) is 6.92 Å². The number of rotatable bonds is 4. The van der Waals surface area contributed by atoms with Crippen molar-refractivity contribution in [1.29, 1.82) is 0 Å². The minimum Gasteiger partial charge on any atom is -0.438 e. The number of fused-ring (bicyclic) bond motifs is 1. The molecule has 2 heterocycles. The Labute approximate surface area is 180 Å². The molecule has 2 aromatic carbocycles. The lowest BCUT2D eigenvalue weighted by atomic mass is 10.1. The maximum Gasteiger partial charge on any atom is 0.416 e. The largest absolute Gasteiger partial charge is 0.438 e. The van der Waals surface area contributed by atoms with Crippen LogP contribution in [0.2, 0.25) is 0 Å². The monoisotopic (exact) mass is 441 g/mol. The highest BCUT2D eigenvalue weighted by atomic mass is 19.4. The van der Waals surface area contributed by atoms with Crippen LogP contribution in [0.3, 0.4) is 0 Å². The molecule has 0 aliphatic heterocycles. The van der Waals surface area contributed by atoms with Gasteiger partial charge in [-0.15, -0.1) is 0 Å². The number of ether oxygens (including phenoxy) is 1. The van der Waals surface area contributed by atoms with Crippen molar-refractivity contribution in [3.05, 3.63) is 72.2 Å². The third-order valence-corrected chi connectivity index (χ3v) is 4.75. The second-order valence-corrected chi connectivity index (χ2v) is 7.08. The lowest BCUT2D eigenvalue weighted by Gasteiger charge is -2.13. The maximum atomic E-state index is 13.0. The molecule has 0 fully saturated rings. The Morgan fingerprint density at radius 3 is 2.41 bits per heavy atom. The molecular weight excluding hydrogens is 423 g/mol. The molecule has 10 heteroatoms. The first-order valence-electron chi connectivity index (χ1n) is 9.50. The van der Waals surface area contributed by atoms with Crippen LogP contribution in [-0.2, 0) is 13.2 Å². The van der Waals surface area contributed by atoms with E-state index >= 15 is 0 Å². The van der Waals surface area contributed by atoms with Gasteiger partial charge in [0.15, 0.2) is 0 Å². The lowest BCUT2D eigenvalue weighted by Crippen LogP contribution is -2.20. The topological polar surface area (TPSA) is 81.1 Å². The first-order valence-corrected chi connectivity index (χ1v) is 9.50. The Balaban J connectivity index is 1.42. The summed E-state index contributed by atoms with van der Waals surface area (Å²) in [6, 6.07) is 11.3. The third-order valence-electron chi connectivity index (χ3n) is 4.75. The number of benzene rings is 2. The van der Waals surface area contributed by atoms with Crippen LogP contribution >= 0.6 is 0 Å². The minimum absolute atomic E-state index is 0.0380. The first kappa shape index (κ1) is 21.2. The molecule has 4 aromatic rings. The van der Waals surface area contributed by atoms with Gasteiger partial charge in [-0.2, -0.15) is 13.2 Å². The van der Waals surface area contributed by atoms with Crippen molar-refractivity contribution < 1.29 is 22.7 Å². The smallest absolute Gasteiger partial charge is 0.416 e. The van der Waals surface area contributed by atoms with Gasteiger partial charge in [0.05, 0.1) is 10.9 Å². The molecule has 32 heavy (non-hydrogen) atoms. The Kier molecular flexibility index (Phi) is 5.43. The summed E-state index contributed by atoms with van der Waals surface area (Å²) >= 11 is 0. The van der Waals surface area contributed by atoms with Gasteiger partial charge in [0.25, 0.3) is 0 Å². The molecule has 0 saturated carbocycles. The van der Waals surface area contributed by atoms with Crippen LogP contribution in [0.25, 0.3) is 11.0 Å². The predicted octanol–water partition coefficient (Wildman–Crippen LogP) is 5.73. The van der Waals surface area contributed by atoms with E-state index < -0.39 is 17.8 Å². The van der Waals surface area contributed by atoms with Crippen LogP contribution in [0.15, 0.2) is 61.1 Å². The molecule has 0 atom stereocenters. The number of anilines is 2. The minimum atomic E-state index is -4.50. The summed E-state index contributed by atoms with van der Waals surface area (Å²) in [5, 5.41) is 5.74.